The van der Waals surface area contributed by atoms with Gasteiger partial charge in [0, 0.05) is 75.4 Å². The number of nitrogens with one attached hydrogen (secondary N) is 1. The summed E-state index contributed by atoms with van der Waals surface area (Å²) < 4.78 is 17.1. The number of halogens is 1. The Morgan fingerprint density at radius 1 is 1.18 bits per heavy atom. The van der Waals surface area contributed by atoms with E-state index in [2.05, 4.69) is 28.2 Å². The van der Waals surface area contributed by atoms with Gasteiger partial charge in [-0.1, -0.05) is 30.7 Å². The van der Waals surface area contributed by atoms with Gasteiger partial charge in [0.15, 0.2) is 0 Å². The van der Waals surface area contributed by atoms with Crippen LogP contribution in [-0.2, 0) is 6.42 Å². The van der Waals surface area contributed by atoms with Crippen molar-refractivity contribution in [1.29, 1.82) is 0 Å². The first-order valence-electron chi connectivity index (χ1n) is 13.5. The van der Waals surface area contributed by atoms with Gasteiger partial charge in [0.2, 0.25) is 0 Å². The van der Waals surface area contributed by atoms with Crippen molar-refractivity contribution in [1.82, 2.24) is 19.4 Å². The average Bonchev–Trinajstić information content (AvgIpc) is 2.93. The molecule has 1 N–H and O–H groups in total. The number of nitrogens with zero attached hydrogens (tertiary/aromatic N) is 4. The minimum absolute atomic E-state index is 0.0529. The van der Waals surface area contributed by atoms with Crippen LogP contribution in [0.3, 0.4) is 0 Å². The number of likely N-dealkylation sites (tertiary alicyclic amines) is 1. The third kappa shape index (κ3) is 5.52. The van der Waals surface area contributed by atoms with E-state index >= 15 is 4.39 Å². The molecular formula is C31H36FN5O2. The summed E-state index contributed by atoms with van der Waals surface area (Å²) in [6, 6.07) is 12.7. The Hall–Kier alpha value is -3.78. The highest BCUT2D eigenvalue weighted by molar-refractivity contribution is 5.93. The van der Waals surface area contributed by atoms with E-state index in [0.29, 0.717) is 18.7 Å². The summed E-state index contributed by atoms with van der Waals surface area (Å²) in [7, 11) is 5.24. The van der Waals surface area contributed by atoms with Crippen LogP contribution in [0.5, 0.6) is 0 Å². The highest BCUT2D eigenvalue weighted by Crippen LogP contribution is 2.34. The molecule has 2 aliphatic rings. The molecule has 1 fully saturated rings. The van der Waals surface area contributed by atoms with Crippen LogP contribution < -0.4 is 10.9 Å². The van der Waals surface area contributed by atoms with Crippen LogP contribution in [0.2, 0.25) is 0 Å². The maximum Gasteiger partial charge on any atom is 0.257 e. The lowest BCUT2D eigenvalue weighted by molar-refractivity contribution is 0.0827. The summed E-state index contributed by atoms with van der Waals surface area (Å²) in [5.41, 5.74) is 6.21. The van der Waals surface area contributed by atoms with Crippen LogP contribution in [0.15, 0.2) is 65.2 Å². The number of piperidine rings is 1. The van der Waals surface area contributed by atoms with Crippen LogP contribution >= 0.6 is 0 Å². The molecular weight excluding hydrogens is 493 g/mol. The standard InChI is InChI=1S/C31H36FN5O2/c1-20-15-28-26(29(9-12-34-28)37-14-10-24(33-2)17-30(37)38)16-23(20)18-36-13-11-25(27(32)19-36)21-5-7-22(8-6-21)31(39)35(3)4/h5-10,12,14,16-17,20,25,27,33H,11,13,15,18-19H2,1-4H3/t20-,25+,27-/m0/s1. The number of aromatic nitrogens is 2. The van der Waals surface area contributed by atoms with Crippen LogP contribution in [0.4, 0.5) is 10.1 Å². The first kappa shape index (κ1) is 26.8. The maximum atomic E-state index is 15.5. The number of fused-ring (bicyclic) bond motifs is 1. The summed E-state index contributed by atoms with van der Waals surface area (Å²) >= 11 is 0. The number of anilines is 1. The molecule has 204 valence electrons. The van der Waals surface area contributed by atoms with E-state index in [1.807, 2.05) is 24.3 Å². The molecule has 2 aromatic heterocycles. The Morgan fingerprint density at radius 3 is 2.62 bits per heavy atom. The topological polar surface area (TPSA) is 70.5 Å². The van der Waals surface area contributed by atoms with Crippen molar-refractivity contribution in [2.24, 2.45) is 5.92 Å². The third-order valence-electron chi connectivity index (χ3n) is 8.00. The van der Waals surface area contributed by atoms with Crippen LogP contribution in [0, 0.1) is 5.92 Å². The van der Waals surface area contributed by atoms with Crippen molar-refractivity contribution in [2.45, 2.75) is 31.9 Å². The van der Waals surface area contributed by atoms with Crippen molar-refractivity contribution in [3.05, 3.63) is 93.2 Å². The monoisotopic (exact) mass is 529 g/mol. The minimum Gasteiger partial charge on any atom is -0.388 e. The van der Waals surface area contributed by atoms with Gasteiger partial charge in [0.05, 0.1) is 11.4 Å². The van der Waals surface area contributed by atoms with E-state index in [1.54, 1.807) is 61.2 Å². The van der Waals surface area contributed by atoms with E-state index in [0.717, 1.165) is 47.6 Å². The average molecular weight is 530 g/mol. The van der Waals surface area contributed by atoms with E-state index in [-0.39, 0.29) is 23.3 Å². The van der Waals surface area contributed by atoms with Gasteiger partial charge >= 0.3 is 0 Å². The second-order valence-corrected chi connectivity index (χ2v) is 10.9. The predicted octanol–water partition coefficient (Wildman–Crippen LogP) is 4.38. The van der Waals surface area contributed by atoms with Crippen molar-refractivity contribution >= 4 is 17.7 Å². The first-order chi connectivity index (χ1) is 18.7. The molecule has 39 heavy (non-hydrogen) atoms. The number of rotatable bonds is 6. The number of carbonyl (C=O) groups is 1. The molecule has 0 unspecified atom stereocenters. The number of hydrogen-bond donors (Lipinski definition) is 1. The van der Waals surface area contributed by atoms with Gasteiger partial charge in [-0.2, -0.15) is 0 Å². The SMILES string of the molecule is CNc1ccn(-c2ccnc3c2C=C(CN2CC[C@H](c4ccc(C(=O)N(C)C)cc4)[C@@H](F)C2)[C@@H](C)C3)c(=O)c1. The number of carbonyl (C=O) groups excluding carboxylic acids is 1. The molecule has 3 heterocycles. The summed E-state index contributed by atoms with van der Waals surface area (Å²) in [6.45, 7) is 4.04. The highest BCUT2D eigenvalue weighted by atomic mass is 19.1. The molecule has 3 atom stereocenters. The zero-order valence-electron chi connectivity index (χ0n) is 23.0. The molecule has 1 aromatic carbocycles. The first-order valence-corrected chi connectivity index (χ1v) is 13.5. The second kappa shape index (κ2) is 11.1. The van der Waals surface area contributed by atoms with E-state index in [4.69, 9.17) is 0 Å². The van der Waals surface area contributed by atoms with Crippen LogP contribution in [0.1, 0.15) is 46.4 Å². The zero-order valence-corrected chi connectivity index (χ0v) is 23.0. The van der Waals surface area contributed by atoms with Gasteiger partial charge in [-0.3, -0.25) is 24.0 Å². The minimum atomic E-state index is -0.984. The van der Waals surface area contributed by atoms with Gasteiger partial charge in [-0.05, 0) is 55.1 Å². The molecule has 7 nitrogen and oxygen atoms in total. The summed E-state index contributed by atoms with van der Waals surface area (Å²) in [6.07, 6.45) is 6.23. The van der Waals surface area contributed by atoms with Crippen molar-refractivity contribution in [3.63, 3.8) is 0 Å². The fraction of sp³-hybridized carbons (Fsp3) is 0.387. The number of amides is 1. The van der Waals surface area contributed by atoms with E-state index < -0.39 is 6.17 Å². The van der Waals surface area contributed by atoms with Crippen LogP contribution in [0.25, 0.3) is 11.8 Å². The molecule has 3 aromatic rings. The highest BCUT2D eigenvalue weighted by Gasteiger charge is 2.32. The molecule has 0 radical (unpaired) electrons. The molecule has 1 aliphatic heterocycles. The third-order valence-corrected chi connectivity index (χ3v) is 8.00. The Kier molecular flexibility index (Phi) is 7.66. The van der Waals surface area contributed by atoms with Crippen LogP contribution in [-0.4, -0.2) is 72.2 Å². The molecule has 1 saturated heterocycles. The smallest absolute Gasteiger partial charge is 0.257 e. The Balaban J connectivity index is 1.32. The number of alkyl halides is 1. The van der Waals surface area contributed by atoms with E-state index in [1.165, 1.54) is 5.57 Å². The molecule has 8 heteroatoms. The molecule has 0 spiro atoms. The summed E-state index contributed by atoms with van der Waals surface area (Å²) in [5.74, 6) is 0.0514. The van der Waals surface area contributed by atoms with Gasteiger partial charge < -0.3 is 10.2 Å². The normalized spacial score (nSPS) is 21.2. The molecule has 5 rings (SSSR count). The fourth-order valence-corrected chi connectivity index (χ4v) is 5.69. The summed E-state index contributed by atoms with van der Waals surface area (Å²) in [4.78, 5) is 33.4. The van der Waals surface area contributed by atoms with Crippen molar-refractivity contribution < 1.29 is 9.18 Å². The predicted molar refractivity (Wildman–Crippen MR) is 153 cm³/mol. The number of hydrogen-bond acceptors (Lipinski definition) is 5. The molecule has 0 saturated carbocycles. The van der Waals surface area contributed by atoms with Crippen molar-refractivity contribution in [3.8, 4) is 5.69 Å². The lowest BCUT2D eigenvalue weighted by Gasteiger charge is -2.37. The maximum absolute atomic E-state index is 15.5. The Bertz CT molecular complexity index is 1450. The number of benzene rings is 1. The molecule has 1 amide bonds. The van der Waals surface area contributed by atoms with Crippen molar-refractivity contribution in [2.75, 3.05) is 46.1 Å². The zero-order chi connectivity index (χ0) is 27.7. The quantitative estimate of drug-likeness (QED) is 0.513. The number of pyridine rings is 2. The van der Waals surface area contributed by atoms with E-state index in [9.17, 15) is 9.59 Å². The fourth-order valence-electron chi connectivity index (χ4n) is 5.69. The van der Waals surface area contributed by atoms with Gasteiger partial charge in [0.1, 0.15) is 6.17 Å². The van der Waals surface area contributed by atoms with Gasteiger partial charge in [-0.25, -0.2) is 4.39 Å². The van der Waals surface area contributed by atoms with Gasteiger partial charge in [0.25, 0.3) is 11.5 Å². The lowest BCUT2D eigenvalue weighted by Crippen LogP contribution is -2.42. The molecule has 1 aliphatic carbocycles. The second-order valence-electron chi connectivity index (χ2n) is 10.9. The molecule has 0 bridgehead atoms. The lowest BCUT2D eigenvalue weighted by atomic mass is 9.84. The summed E-state index contributed by atoms with van der Waals surface area (Å²) in [5, 5.41) is 3.01. The largest absolute Gasteiger partial charge is 0.388 e. The Labute approximate surface area is 229 Å². The Morgan fingerprint density at radius 2 is 1.95 bits per heavy atom. The van der Waals surface area contributed by atoms with Gasteiger partial charge in [-0.15, -0.1) is 0 Å².